The fourth-order valence-electron chi connectivity index (χ4n) is 3.40. The van der Waals surface area contributed by atoms with Gasteiger partial charge in [-0.3, -0.25) is 24.6 Å². The summed E-state index contributed by atoms with van der Waals surface area (Å²) < 4.78 is 4.99. The van der Waals surface area contributed by atoms with Gasteiger partial charge in [-0.05, 0) is 40.0 Å². The van der Waals surface area contributed by atoms with Gasteiger partial charge in [-0.2, -0.15) is 0 Å². The topological polar surface area (TPSA) is 134 Å². The van der Waals surface area contributed by atoms with Gasteiger partial charge in [-0.1, -0.05) is 12.8 Å². The number of amides is 6. The van der Waals surface area contributed by atoms with Gasteiger partial charge in [0, 0.05) is 19.0 Å². The maximum Gasteiger partial charge on any atom is 0.325 e. The molecule has 1 aliphatic heterocycles. The second-order valence-electron chi connectivity index (χ2n) is 7.53. The quantitative estimate of drug-likeness (QED) is 0.430. The Bertz CT molecular complexity index is 656. The zero-order chi connectivity index (χ0) is 20.9. The summed E-state index contributed by atoms with van der Waals surface area (Å²) in [5.41, 5.74) is -0.763. The number of hydrogen-bond acceptors (Lipinski definition) is 6. The van der Waals surface area contributed by atoms with E-state index in [9.17, 15) is 24.0 Å². The Hall–Kier alpha value is -2.65. The number of hydrogen-bond donors (Lipinski definition) is 3. The van der Waals surface area contributed by atoms with E-state index in [1.165, 1.54) is 6.92 Å². The van der Waals surface area contributed by atoms with Crippen LogP contribution in [0.4, 0.5) is 9.59 Å². The van der Waals surface area contributed by atoms with Crippen LogP contribution in [0.1, 0.15) is 59.3 Å². The summed E-state index contributed by atoms with van der Waals surface area (Å²) in [4.78, 5) is 60.9. The Kier molecular flexibility index (Phi) is 6.98. The highest BCUT2D eigenvalue weighted by atomic mass is 16.5. The standard InChI is InChI=1S/C18H28N4O6/c1-11(2)19-16(26)20-14(24)12(3)28-13(23)7-6-10-22-15(25)18(21-17(22)27)8-4-5-9-18/h11-12H,4-10H2,1-3H3,(H,21,27)(H2,19,20,24,26)/t12-/m0/s1. The molecule has 2 fully saturated rings. The Labute approximate surface area is 163 Å². The molecule has 0 radical (unpaired) electrons. The number of carbonyl (C=O) groups is 5. The van der Waals surface area contributed by atoms with Crippen molar-refractivity contribution in [3.05, 3.63) is 0 Å². The smallest absolute Gasteiger partial charge is 0.325 e. The average molecular weight is 396 g/mol. The molecule has 6 amide bonds. The number of nitrogens with one attached hydrogen (secondary N) is 3. The van der Waals surface area contributed by atoms with Crippen LogP contribution in [-0.4, -0.2) is 59.0 Å². The third-order valence-corrected chi connectivity index (χ3v) is 4.80. The highest BCUT2D eigenvalue weighted by Crippen LogP contribution is 2.35. The van der Waals surface area contributed by atoms with E-state index in [0.29, 0.717) is 12.8 Å². The summed E-state index contributed by atoms with van der Waals surface area (Å²) in [6, 6.07) is -1.23. The summed E-state index contributed by atoms with van der Waals surface area (Å²) >= 11 is 0. The number of nitrogens with zero attached hydrogens (tertiary/aromatic N) is 1. The van der Waals surface area contributed by atoms with Gasteiger partial charge in [0.25, 0.3) is 11.8 Å². The van der Waals surface area contributed by atoms with Crippen LogP contribution in [0.15, 0.2) is 0 Å². The fraction of sp³-hybridized carbons (Fsp3) is 0.722. The van der Waals surface area contributed by atoms with E-state index in [4.69, 9.17) is 4.74 Å². The maximum atomic E-state index is 12.5. The lowest BCUT2D eigenvalue weighted by molar-refractivity contribution is -0.154. The normalized spacial score (nSPS) is 18.9. The van der Waals surface area contributed by atoms with E-state index < -0.39 is 35.6 Å². The first kappa shape index (κ1) is 21.6. The minimum atomic E-state index is -1.14. The summed E-state index contributed by atoms with van der Waals surface area (Å²) in [6.45, 7) is 4.96. The number of imide groups is 2. The molecule has 0 aromatic carbocycles. The van der Waals surface area contributed by atoms with Crippen LogP contribution in [0, 0.1) is 0 Å². The van der Waals surface area contributed by atoms with Gasteiger partial charge in [0.05, 0.1) is 0 Å². The molecule has 0 aromatic heterocycles. The van der Waals surface area contributed by atoms with Gasteiger partial charge in [0.1, 0.15) is 5.54 Å². The summed E-state index contributed by atoms with van der Waals surface area (Å²) in [5.74, 6) is -1.61. The zero-order valence-electron chi connectivity index (χ0n) is 16.5. The first-order valence-corrected chi connectivity index (χ1v) is 9.59. The molecular weight excluding hydrogens is 368 g/mol. The Morgan fingerprint density at radius 3 is 2.43 bits per heavy atom. The van der Waals surface area contributed by atoms with E-state index >= 15 is 0 Å². The van der Waals surface area contributed by atoms with Crippen molar-refractivity contribution in [3.63, 3.8) is 0 Å². The van der Waals surface area contributed by atoms with Gasteiger partial charge in [-0.15, -0.1) is 0 Å². The number of rotatable bonds is 7. The highest BCUT2D eigenvalue weighted by Gasteiger charge is 2.52. The summed E-state index contributed by atoms with van der Waals surface area (Å²) in [7, 11) is 0. The van der Waals surface area contributed by atoms with Crippen molar-refractivity contribution in [1.29, 1.82) is 0 Å². The van der Waals surface area contributed by atoms with Gasteiger partial charge in [-0.25, -0.2) is 9.59 Å². The first-order chi connectivity index (χ1) is 13.1. The Morgan fingerprint density at radius 1 is 1.18 bits per heavy atom. The summed E-state index contributed by atoms with van der Waals surface area (Å²) in [6.07, 6.45) is 2.14. The van der Waals surface area contributed by atoms with Crippen LogP contribution in [0.3, 0.4) is 0 Å². The number of esters is 1. The average Bonchev–Trinajstić information content (AvgIpc) is 3.14. The van der Waals surface area contributed by atoms with Crippen molar-refractivity contribution in [3.8, 4) is 0 Å². The molecule has 0 bridgehead atoms. The molecule has 1 atom stereocenters. The molecule has 2 rings (SSSR count). The predicted octanol–water partition coefficient (Wildman–Crippen LogP) is 0.797. The lowest BCUT2D eigenvalue weighted by Crippen LogP contribution is -2.46. The third-order valence-electron chi connectivity index (χ3n) is 4.80. The van der Waals surface area contributed by atoms with Gasteiger partial charge < -0.3 is 15.4 Å². The minimum Gasteiger partial charge on any atom is -0.453 e. The summed E-state index contributed by atoms with van der Waals surface area (Å²) in [5, 5.41) is 7.35. The molecule has 3 N–H and O–H groups in total. The number of ether oxygens (including phenoxy) is 1. The van der Waals surface area contributed by atoms with Crippen molar-refractivity contribution in [2.45, 2.75) is 77.0 Å². The molecule has 1 aliphatic carbocycles. The van der Waals surface area contributed by atoms with Crippen molar-refractivity contribution in [2.24, 2.45) is 0 Å². The first-order valence-electron chi connectivity index (χ1n) is 9.59. The van der Waals surface area contributed by atoms with Crippen molar-refractivity contribution < 1.29 is 28.7 Å². The van der Waals surface area contributed by atoms with E-state index in [-0.39, 0.29) is 31.3 Å². The van der Waals surface area contributed by atoms with E-state index in [2.05, 4.69) is 16.0 Å². The number of urea groups is 2. The minimum absolute atomic E-state index is 0.0557. The van der Waals surface area contributed by atoms with Crippen LogP contribution in [0.5, 0.6) is 0 Å². The monoisotopic (exact) mass is 396 g/mol. The molecule has 1 saturated carbocycles. The van der Waals surface area contributed by atoms with E-state index in [1.54, 1.807) is 13.8 Å². The molecule has 2 aliphatic rings. The lowest BCUT2D eigenvalue weighted by Gasteiger charge is -2.20. The van der Waals surface area contributed by atoms with Crippen molar-refractivity contribution in [1.82, 2.24) is 20.9 Å². The molecular formula is C18H28N4O6. The van der Waals surface area contributed by atoms with Crippen molar-refractivity contribution >= 4 is 29.8 Å². The fourth-order valence-corrected chi connectivity index (χ4v) is 3.40. The van der Waals surface area contributed by atoms with Gasteiger partial charge in [0.2, 0.25) is 0 Å². The zero-order valence-corrected chi connectivity index (χ0v) is 16.5. The van der Waals surface area contributed by atoms with Crippen LogP contribution >= 0.6 is 0 Å². The molecule has 0 unspecified atom stereocenters. The largest absolute Gasteiger partial charge is 0.453 e. The SMILES string of the molecule is CC(C)NC(=O)NC(=O)[C@H](C)OC(=O)CCCN1C(=O)NC2(CCCC2)C1=O. The molecule has 0 aromatic rings. The second kappa shape index (κ2) is 9.03. The molecule has 1 spiro atoms. The van der Waals surface area contributed by atoms with E-state index in [1.807, 2.05) is 0 Å². The molecule has 156 valence electrons. The highest BCUT2D eigenvalue weighted by molar-refractivity contribution is 6.07. The van der Waals surface area contributed by atoms with Crippen molar-refractivity contribution in [2.75, 3.05) is 6.54 Å². The molecule has 1 saturated heterocycles. The molecule has 28 heavy (non-hydrogen) atoms. The lowest BCUT2D eigenvalue weighted by atomic mass is 9.98. The second-order valence-corrected chi connectivity index (χ2v) is 7.53. The molecule has 10 nitrogen and oxygen atoms in total. The van der Waals surface area contributed by atoms with Crippen LogP contribution in [0.2, 0.25) is 0 Å². The van der Waals surface area contributed by atoms with Crippen LogP contribution in [-0.2, 0) is 19.1 Å². The third kappa shape index (κ3) is 5.20. The molecule has 1 heterocycles. The van der Waals surface area contributed by atoms with Gasteiger partial charge >= 0.3 is 18.0 Å². The van der Waals surface area contributed by atoms with E-state index in [0.717, 1.165) is 17.7 Å². The Morgan fingerprint density at radius 2 is 1.82 bits per heavy atom. The van der Waals surface area contributed by atoms with Gasteiger partial charge in [0.15, 0.2) is 6.10 Å². The van der Waals surface area contributed by atoms with Crippen LogP contribution < -0.4 is 16.0 Å². The number of carbonyl (C=O) groups excluding carboxylic acids is 5. The van der Waals surface area contributed by atoms with Crippen LogP contribution in [0.25, 0.3) is 0 Å². The Balaban J connectivity index is 1.72. The maximum absolute atomic E-state index is 12.5. The molecule has 10 heteroatoms. The predicted molar refractivity (Wildman–Crippen MR) is 98.0 cm³/mol.